The number of benzene rings is 1. The van der Waals surface area contributed by atoms with Gasteiger partial charge in [-0.2, -0.15) is 0 Å². The highest BCUT2D eigenvalue weighted by atomic mass is 35.5. The van der Waals surface area contributed by atoms with Gasteiger partial charge in [-0.05, 0) is 12.1 Å². The van der Waals surface area contributed by atoms with E-state index in [1.54, 1.807) is 18.2 Å². The molecule has 6 heteroatoms. The zero-order chi connectivity index (χ0) is 13.4. The SMILES string of the molecule is COCOc1cc(OCOC)cc(C(=O)CCl)c1. The lowest BCUT2D eigenvalue weighted by Crippen LogP contribution is -2.05. The van der Waals surface area contributed by atoms with E-state index in [1.807, 2.05) is 0 Å². The van der Waals surface area contributed by atoms with E-state index in [2.05, 4.69) is 0 Å². The van der Waals surface area contributed by atoms with Crippen molar-refractivity contribution in [2.24, 2.45) is 0 Å². The maximum Gasteiger partial charge on any atom is 0.188 e. The van der Waals surface area contributed by atoms with Crippen LogP contribution >= 0.6 is 11.6 Å². The summed E-state index contributed by atoms with van der Waals surface area (Å²) in [5, 5.41) is 0. The van der Waals surface area contributed by atoms with Crippen LogP contribution in [0.25, 0.3) is 0 Å². The van der Waals surface area contributed by atoms with Crippen LogP contribution in [0, 0.1) is 0 Å². The molecule has 0 unspecified atom stereocenters. The van der Waals surface area contributed by atoms with Gasteiger partial charge in [0.05, 0.1) is 5.88 Å². The van der Waals surface area contributed by atoms with Gasteiger partial charge in [0.2, 0.25) is 0 Å². The Labute approximate surface area is 111 Å². The van der Waals surface area contributed by atoms with Crippen molar-refractivity contribution in [3.8, 4) is 11.5 Å². The molecule has 0 heterocycles. The Kier molecular flexibility index (Phi) is 6.49. The first-order chi connectivity index (χ1) is 8.71. The molecule has 0 N–H and O–H groups in total. The molecular weight excluding hydrogens is 260 g/mol. The third kappa shape index (κ3) is 4.52. The second-order valence-corrected chi connectivity index (χ2v) is 3.62. The van der Waals surface area contributed by atoms with Gasteiger partial charge in [0, 0.05) is 25.8 Å². The summed E-state index contributed by atoms with van der Waals surface area (Å²) >= 11 is 5.52. The maximum absolute atomic E-state index is 11.6. The molecule has 0 aliphatic heterocycles. The number of ether oxygens (including phenoxy) is 4. The lowest BCUT2D eigenvalue weighted by Gasteiger charge is -2.10. The molecule has 0 aliphatic carbocycles. The van der Waals surface area contributed by atoms with Crippen LogP contribution in [-0.2, 0) is 9.47 Å². The fraction of sp³-hybridized carbons (Fsp3) is 0.417. The second kappa shape index (κ2) is 7.92. The number of Topliss-reactive ketones (excluding diaryl/α,β-unsaturated/α-hetero) is 1. The van der Waals surface area contributed by atoms with Crippen molar-refractivity contribution in [3.05, 3.63) is 23.8 Å². The number of hydrogen-bond acceptors (Lipinski definition) is 5. The van der Waals surface area contributed by atoms with Crippen LogP contribution in [0.3, 0.4) is 0 Å². The van der Waals surface area contributed by atoms with Gasteiger partial charge in [-0.3, -0.25) is 4.79 Å². The molecule has 0 radical (unpaired) electrons. The van der Waals surface area contributed by atoms with Crippen LogP contribution in [0.15, 0.2) is 18.2 Å². The van der Waals surface area contributed by atoms with Crippen LogP contribution in [0.4, 0.5) is 0 Å². The van der Waals surface area contributed by atoms with E-state index in [4.69, 9.17) is 30.5 Å². The van der Waals surface area contributed by atoms with Gasteiger partial charge in [-0.1, -0.05) is 0 Å². The van der Waals surface area contributed by atoms with E-state index >= 15 is 0 Å². The van der Waals surface area contributed by atoms with Gasteiger partial charge in [-0.15, -0.1) is 11.6 Å². The lowest BCUT2D eigenvalue weighted by atomic mass is 10.1. The quantitative estimate of drug-likeness (QED) is 0.413. The second-order valence-electron chi connectivity index (χ2n) is 3.35. The third-order valence-electron chi connectivity index (χ3n) is 2.01. The largest absolute Gasteiger partial charge is 0.467 e. The zero-order valence-corrected chi connectivity index (χ0v) is 11.0. The average Bonchev–Trinajstić information content (AvgIpc) is 2.41. The molecule has 0 aliphatic rings. The van der Waals surface area contributed by atoms with Gasteiger partial charge >= 0.3 is 0 Å². The van der Waals surface area contributed by atoms with E-state index < -0.39 is 0 Å². The predicted molar refractivity (Wildman–Crippen MR) is 66.5 cm³/mol. The number of methoxy groups -OCH3 is 2. The summed E-state index contributed by atoms with van der Waals surface area (Å²) in [5.74, 6) is 0.636. The Morgan fingerprint density at radius 3 is 1.94 bits per heavy atom. The van der Waals surface area contributed by atoms with Crippen LogP contribution in [0.1, 0.15) is 10.4 Å². The molecule has 0 saturated heterocycles. The van der Waals surface area contributed by atoms with Crippen LogP contribution in [0.5, 0.6) is 11.5 Å². The summed E-state index contributed by atoms with van der Waals surface area (Å²) < 4.78 is 20.1. The molecule has 5 nitrogen and oxygen atoms in total. The molecule has 18 heavy (non-hydrogen) atoms. The van der Waals surface area contributed by atoms with Crippen LogP contribution in [-0.4, -0.2) is 39.5 Å². The van der Waals surface area contributed by atoms with E-state index in [1.165, 1.54) is 14.2 Å². The first-order valence-electron chi connectivity index (χ1n) is 5.19. The normalized spacial score (nSPS) is 10.2. The molecule has 0 bridgehead atoms. The summed E-state index contributed by atoms with van der Waals surface area (Å²) in [6, 6.07) is 4.82. The molecule has 1 aromatic carbocycles. The van der Waals surface area contributed by atoms with Crippen molar-refractivity contribution in [3.63, 3.8) is 0 Å². The Morgan fingerprint density at radius 2 is 1.56 bits per heavy atom. The number of hydrogen-bond donors (Lipinski definition) is 0. The fourth-order valence-electron chi connectivity index (χ4n) is 1.23. The highest BCUT2D eigenvalue weighted by molar-refractivity contribution is 6.30. The first-order valence-corrected chi connectivity index (χ1v) is 5.72. The van der Waals surface area contributed by atoms with Crippen molar-refractivity contribution in [1.29, 1.82) is 0 Å². The summed E-state index contributed by atoms with van der Waals surface area (Å²) in [6.45, 7) is 0.171. The topological polar surface area (TPSA) is 54.0 Å². The first kappa shape index (κ1) is 14.8. The molecule has 0 spiro atoms. The van der Waals surface area contributed by atoms with Gasteiger partial charge in [0.1, 0.15) is 11.5 Å². The monoisotopic (exact) mass is 274 g/mol. The highest BCUT2D eigenvalue weighted by Gasteiger charge is 2.09. The smallest absolute Gasteiger partial charge is 0.188 e. The Balaban J connectivity index is 2.91. The number of halogens is 1. The molecule has 100 valence electrons. The Morgan fingerprint density at radius 1 is 1.06 bits per heavy atom. The molecule has 1 aromatic rings. The van der Waals surface area contributed by atoms with Crippen molar-refractivity contribution in [1.82, 2.24) is 0 Å². The summed E-state index contributed by atoms with van der Waals surface area (Å²) in [5.41, 5.74) is 0.421. The van der Waals surface area contributed by atoms with E-state index in [0.717, 1.165) is 0 Å². The molecule has 0 fully saturated rings. The molecule has 0 atom stereocenters. The summed E-state index contributed by atoms with van der Waals surface area (Å²) in [7, 11) is 3.02. The number of alkyl halides is 1. The van der Waals surface area contributed by atoms with Crippen LogP contribution < -0.4 is 9.47 Å². The molecule has 0 amide bonds. The Bertz CT molecular complexity index is 368. The van der Waals surface area contributed by atoms with E-state index in [9.17, 15) is 4.79 Å². The van der Waals surface area contributed by atoms with Crippen molar-refractivity contribution >= 4 is 17.4 Å². The van der Waals surface area contributed by atoms with Crippen LogP contribution in [0.2, 0.25) is 0 Å². The molecular formula is C12H15ClO5. The number of carbonyl (C=O) groups is 1. The number of ketones is 1. The number of carbonyl (C=O) groups excluding carboxylic acids is 1. The van der Waals surface area contributed by atoms with Crippen molar-refractivity contribution < 1.29 is 23.7 Å². The summed E-state index contributed by atoms with van der Waals surface area (Å²) in [6.07, 6.45) is 0. The predicted octanol–water partition coefficient (Wildman–Crippen LogP) is 2.07. The molecule has 1 rings (SSSR count). The van der Waals surface area contributed by atoms with Crippen molar-refractivity contribution in [2.75, 3.05) is 33.7 Å². The minimum atomic E-state index is -0.207. The molecule has 0 aromatic heterocycles. The fourth-order valence-corrected chi connectivity index (χ4v) is 1.38. The van der Waals surface area contributed by atoms with Gasteiger partial charge in [0.25, 0.3) is 0 Å². The molecule has 0 saturated carbocycles. The Hall–Kier alpha value is -1.30. The van der Waals surface area contributed by atoms with E-state index in [0.29, 0.717) is 17.1 Å². The lowest BCUT2D eigenvalue weighted by molar-refractivity contribution is 0.0459. The minimum Gasteiger partial charge on any atom is -0.467 e. The van der Waals surface area contributed by atoms with Gasteiger partial charge < -0.3 is 18.9 Å². The summed E-state index contributed by atoms with van der Waals surface area (Å²) in [4.78, 5) is 11.6. The standard InChI is InChI=1S/C12H15ClO5/c1-15-7-17-10-3-9(12(14)6-13)4-11(5-10)18-8-16-2/h3-5H,6-8H2,1-2H3. The minimum absolute atomic E-state index is 0.0856. The van der Waals surface area contributed by atoms with Gasteiger partial charge in [-0.25, -0.2) is 0 Å². The zero-order valence-electron chi connectivity index (χ0n) is 10.3. The highest BCUT2D eigenvalue weighted by Crippen LogP contribution is 2.23. The average molecular weight is 275 g/mol. The maximum atomic E-state index is 11.6. The third-order valence-corrected chi connectivity index (χ3v) is 2.25. The van der Waals surface area contributed by atoms with Crippen molar-refractivity contribution in [2.45, 2.75) is 0 Å². The van der Waals surface area contributed by atoms with Gasteiger partial charge in [0.15, 0.2) is 19.4 Å². The number of rotatable bonds is 8. The van der Waals surface area contributed by atoms with E-state index in [-0.39, 0.29) is 25.2 Å².